The smallest absolute Gasteiger partial charge is 0.145 e. The van der Waals surface area contributed by atoms with E-state index in [-0.39, 0.29) is 5.82 Å². The molecule has 0 heterocycles. The summed E-state index contributed by atoms with van der Waals surface area (Å²) in [7, 11) is 0. The maximum Gasteiger partial charge on any atom is 0.145 e. The summed E-state index contributed by atoms with van der Waals surface area (Å²) in [6.07, 6.45) is 0. The molecule has 0 aliphatic rings. The van der Waals surface area contributed by atoms with E-state index in [1.807, 2.05) is 72.8 Å². The van der Waals surface area contributed by atoms with Gasteiger partial charge in [0.05, 0.1) is 4.47 Å². The summed E-state index contributed by atoms with van der Waals surface area (Å²) in [6.45, 7) is 0. The van der Waals surface area contributed by atoms with Crippen LogP contribution in [0, 0.1) is 5.82 Å². The van der Waals surface area contributed by atoms with Crippen molar-refractivity contribution in [1.29, 1.82) is 0 Å². The van der Waals surface area contributed by atoms with Crippen LogP contribution in [0.1, 0.15) is 0 Å². The first-order valence-corrected chi connectivity index (χ1v) is 7.15. The van der Waals surface area contributed by atoms with Crippen LogP contribution >= 0.6 is 15.9 Å². The van der Waals surface area contributed by atoms with Gasteiger partial charge in [0.15, 0.2) is 0 Å². The molecule has 0 spiro atoms. The van der Waals surface area contributed by atoms with E-state index in [2.05, 4.69) is 15.9 Å². The Bertz CT molecular complexity index is 657. The Morgan fingerprint density at radius 1 is 0.600 bits per heavy atom. The van der Waals surface area contributed by atoms with Gasteiger partial charge in [-0.1, -0.05) is 72.8 Å². The van der Waals surface area contributed by atoms with E-state index < -0.39 is 0 Å². The molecule has 0 aromatic heterocycles. The van der Waals surface area contributed by atoms with Gasteiger partial charge in [-0.3, -0.25) is 0 Å². The third kappa shape index (κ3) is 2.39. The average Bonchev–Trinajstić information content (AvgIpc) is 2.52. The fourth-order valence-electron chi connectivity index (χ4n) is 2.23. The Morgan fingerprint density at radius 3 is 1.60 bits per heavy atom. The Kier molecular flexibility index (Phi) is 3.66. The zero-order chi connectivity index (χ0) is 13.9. The summed E-state index contributed by atoms with van der Waals surface area (Å²) in [5.74, 6) is -0.224. The number of hydrogen-bond donors (Lipinski definition) is 0. The third-order valence-electron chi connectivity index (χ3n) is 3.25. The Morgan fingerprint density at radius 2 is 1.05 bits per heavy atom. The molecule has 3 aromatic carbocycles. The molecule has 0 aliphatic carbocycles. The van der Waals surface area contributed by atoms with Crippen molar-refractivity contribution in [2.24, 2.45) is 0 Å². The fraction of sp³-hybridized carbons (Fsp3) is 0. The molecular weight excluding hydrogens is 315 g/mol. The van der Waals surface area contributed by atoms with Gasteiger partial charge >= 0.3 is 0 Å². The van der Waals surface area contributed by atoms with Gasteiger partial charge < -0.3 is 0 Å². The Labute approximate surface area is 126 Å². The zero-order valence-corrected chi connectivity index (χ0v) is 12.3. The van der Waals surface area contributed by atoms with Crippen molar-refractivity contribution in [3.8, 4) is 22.3 Å². The molecule has 98 valence electrons. The molecular formula is C18H12BrF. The predicted molar refractivity (Wildman–Crippen MR) is 85.0 cm³/mol. The minimum atomic E-state index is -0.224. The fourth-order valence-corrected chi connectivity index (χ4v) is 2.81. The molecule has 0 unspecified atom stereocenters. The second-order valence-corrected chi connectivity index (χ2v) is 5.31. The van der Waals surface area contributed by atoms with Gasteiger partial charge in [-0.15, -0.1) is 0 Å². The van der Waals surface area contributed by atoms with Crippen LogP contribution in [0.15, 0.2) is 77.3 Å². The van der Waals surface area contributed by atoms with Crippen LogP contribution in [0.3, 0.4) is 0 Å². The van der Waals surface area contributed by atoms with Gasteiger partial charge in [0.2, 0.25) is 0 Å². The molecule has 0 aliphatic heterocycles. The van der Waals surface area contributed by atoms with E-state index in [0.717, 1.165) is 16.7 Å². The van der Waals surface area contributed by atoms with Crippen LogP contribution in [-0.4, -0.2) is 0 Å². The van der Waals surface area contributed by atoms with Crippen LogP contribution < -0.4 is 0 Å². The molecule has 0 bridgehead atoms. The lowest BCUT2D eigenvalue weighted by Gasteiger charge is -2.10. The predicted octanol–water partition coefficient (Wildman–Crippen LogP) is 5.92. The van der Waals surface area contributed by atoms with E-state index in [9.17, 15) is 4.39 Å². The molecule has 0 saturated carbocycles. The highest BCUT2D eigenvalue weighted by molar-refractivity contribution is 9.10. The van der Waals surface area contributed by atoms with Gasteiger partial charge in [0.1, 0.15) is 5.82 Å². The lowest BCUT2D eigenvalue weighted by atomic mass is 10.00. The summed E-state index contributed by atoms with van der Waals surface area (Å²) in [5, 5.41) is 0. The number of benzene rings is 3. The molecule has 0 saturated heterocycles. The first-order valence-electron chi connectivity index (χ1n) is 6.36. The molecule has 0 nitrogen and oxygen atoms in total. The van der Waals surface area contributed by atoms with Gasteiger partial charge in [-0.25, -0.2) is 4.39 Å². The number of halogens is 2. The van der Waals surface area contributed by atoms with Gasteiger partial charge in [-0.2, -0.15) is 0 Å². The van der Waals surface area contributed by atoms with Crippen molar-refractivity contribution >= 4 is 15.9 Å². The van der Waals surface area contributed by atoms with Crippen molar-refractivity contribution < 1.29 is 4.39 Å². The molecule has 0 N–H and O–H groups in total. The van der Waals surface area contributed by atoms with E-state index in [0.29, 0.717) is 10.0 Å². The maximum atomic E-state index is 14.6. The highest BCUT2D eigenvalue weighted by Crippen LogP contribution is 2.35. The van der Waals surface area contributed by atoms with Crippen LogP contribution in [0.2, 0.25) is 0 Å². The summed E-state index contributed by atoms with van der Waals surface area (Å²) in [4.78, 5) is 0. The second-order valence-electron chi connectivity index (χ2n) is 4.52. The molecule has 2 heteroatoms. The van der Waals surface area contributed by atoms with Crippen LogP contribution in [0.5, 0.6) is 0 Å². The van der Waals surface area contributed by atoms with Gasteiger partial charge in [0, 0.05) is 5.56 Å². The molecule has 3 aromatic rings. The van der Waals surface area contributed by atoms with E-state index in [1.54, 1.807) is 0 Å². The van der Waals surface area contributed by atoms with Crippen LogP contribution in [0.25, 0.3) is 22.3 Å². The van der Waals surface area contributed by atoms with Crippen molar-refractivity contribution in [3.63, 3.8) is 0 Å². The lowest BCUT2D eigenvalue weighted by Crippen LogP contribution is -1.89. The second kappa shape index (κ2) is 5.59. The monoisotopic (exact) mass is 326 g/mol. The van der Waals surface area contributed by atoms with Crippen molar-refractivity contribution in [1.82, 2.24) is 0 Å². The van der Waals surface area contributed by atoms with Crippen molar-refractivity contribution in [3.05, 3.63) is 83.1 Å². The quantitative estimate of drug-likeness (QED) is 0.548. The van der Waals surface area contributed by atoms with Crippen molar-refractivity contribution in [2.75, 3.05) is 0 Å². The van der Waals surface area contributed by atoms with E-state index in [1.165, 1.54) is 0 Å². The summed E-state index contributed by atoms with van der Waals surface area (Å²) < 4.78 is 15.1. The van der Waals surface area contributed by atoms with Crippen LogP contribution in [-0.2, 0) is 0 Å². The highest BCUT2D eigenvalue weighted by Gasteiger charge is 2.13. The summed E-state index contributed by atoms with van der Waals surface area (Å²) >= 11 is 3.39. The average molecular weight is 327 g/mol. The minimum Gasteiger partial charge on any atom is -0.205 e. The zero-order valence-electron chi connectivity index (χ0n) is 10.7. The molecule has 0 radical (unpaired) electrons. The number of hydrogen-bond acceptors (Lipinski definition) is 0. The molecule has 0 fully saturated rings. The molecule has 0 amide bonds. The molecule has 0 atom stereocenters. The lowest BCUT2D eigenvalue weighted by molar-refractivity contribution is 0.625. The summed E-state index contributed by atoms with van der Waals surface area (Å²) in [6, 6.07) is 23.1. The topological polar surface area (TPSA) is 0 Å². The SMILES string of the molecule is Fc1c(-c2ccccc2)ccc(-c2ccccc2)c1Br. The van der Waals surface area contributed by atoms with E-state index >= 15 is 0 Å². The van der Waals surface area contributed by atoms with E-state index in [4.69, 9.17) is 0 Å². The van der Waals surface area contributed by atoms with Crippen LogP contribution in [0.4, 0.5) is 4.39 Å². The first kappa shape index (κ1) is 13.1. The maximum absolute atomic E-state index is 14.6. The van der Waals surface area contributed by atoms with Gasteiger partial charge in [-0.05, 0) is 32.6 Å². The highest BCUT2D eigenvalue weighted by atomic mass is 79.9. The third-order valence-corrected chi connectivity index (χ3v) is 4.03. The Hall–Kier alpha value is -1.93. The standard InChI is InChI=1S/C18H12BrF/c19-17-15(13-7-3-1-4-8-13)11-12-16(18(17)20)14-9-5-2-6-10-14/h1-12H. The summed E-state index contributed by atoms with van der Waals surface area (Å²) in [5.41, 5.74) is 3.35. The minimum absolute atomic E-state index is 0.224. The largest absolute Gasteiger partial charge is 0.205 e. The number of rotatable bonds is 2. The van der Waals surface area contributed by atoms with Crippen molar-refractivity contribution in [2.45, 2.75) is 0 Å². The normalized spacial score (nSPS) is 10.5. The molecule has 20 heavy (non-hydrogen) atoms. The Balaban J connectivity index is 2.13. The van der Waals surface area contributed by atoms with Gasteiger partial charge in [0.25, 0.3) is 0 Å². The first-order chi connectivity index (χ1) is 9.77. The molecule has 3 rings (SSSR count).